The van der Waals surface area contributed by atoms with Crippen LogP contribution in [0.3, 0.4) is 0 Å². The minimum absolute atomic E-state index is 0.435. The Labute approximate surface area is 245 Å². The van der Waals surface area contributed by atoms with E-state index in [-0.39, 0.29) is 0 Å². The zero-order valence-electron chi connectivity index (χ0n) is 25.0. The van der Waals surface area contributed by atoms with Crippen LogP contribution in [0.25, 0.3) is 0 Å². The van der Waals surface area contributed by atoms with Gasteiger partial charge in [-0.1, -0.05) is 63.8 Å². The normalized spacial score (nSPS) is 20.6. The summed E-state index contributed by atoms with van der Waals surface area (Å²) in [5.74, 6) is 1.61. The van der Waals surface area contributed by atoms with E-state index in [1.54, 1.807) is 24.3 Å². The molecule has 1 saturated heterocycles. The van der Waals surface area contributed by atoms with Crippen LogP contribution in [0, 0.1) is 0 Å². The van der Waals surface area contributed by atoms with E-state index in [0.29, 0.717) is 30.9 Å². The van der Waals surface area contributed by atoms with Crippen LogP contribution in [0.5, 0.6) is 17.2 Å². The predicted molar refractivity (Wildman–Crippen MR) is 161 cm³/mol. The van der Waals surface area contributed by atoms with Crippen molar-refractivity contribution >= 4 is 5.97 Å². The Balaban J connectivity index is 1.36. The van der Waals surface area contributed by atoms with Gasteiger partial charge in [0, 0.05) is 0 Å². The fourth-order valence-corrected chi connectivity index (χ4v) is 5.49. The highest BCUT2D eigenvalue weighted by atomic mass is 16.5. The second-order valence-corrected chi connectivity index (χ2v) is 11.4. The Morgan fingerprint density at radius 2 is 1.07 bits per heavy atom. The highest BCUT2D eigenvalue weighted by Gasteiger charge is 2.52. The lowest BCUT2D eigenvalue weighted by Gasteiger charge is -2.37. The Morgan fingerprint density at radius 1 is 0.659 bits per heavy atom. The first-order chi connectivity index (χ1) is 19.8. The lowest BCUT2D eigenvalue weighted by Crippen LogP contribution is -2.44. The number of carbonyl (C=O) groups excluding carboxylic acids is 1. The SMILES string of the molecule is CCCCCOc1ccc(OC(=O)c2ccc([C@@]3(C)CC[C@](C)(c4ccc(OCCCCC)cc4)N3[O])cc2)cc1. The van der Waals surface area contributed by atoms with E-state index in [4.69, 9.17) is 14.2 Å². The minimum Gasteiger partial charge on any atom is -0.494 e. The third-order valence-corrected chi connectivity index (χ3v) is 8.28. The van der Waals surface area contributed by atoms with Crippen molar-refractivity contribution in [2.75, 3.05) is 13.2 Å². The van der Waals surface area contributed by atoms with Gasteiger partial charge in [0.1, 0.15) is 17.2 Å². The first kappa shape index (κ1) is 30.6. The van der Waals surface area contributed by atoms with E-state index < -0.39 is 17.0 Å². The van der Waals surface area contributed by atoms with Crippen molar-refractivity contribution in [1.82, 2.24) is 5.06 Å². The summed E-state index contributed by atoms with van der Waals surface area (Å²) in [6, 6.07) is 22.3. The Morgan fingerprint density at radius 3 is 1.54 bits per heavy atom. The molecule has 1 fully saturated rings. The van der Waals surface area contributed by atoms with E-state index in [1.807, 2.05) is 62.4 Å². The lowest BCUT2D eigenvalue weighted by atomic mass is 9.89. The zero-order chi connectivity index (χ0) is 29.3. The van der Waals surface area contributed by atoms with Crippen LogP contribution in [0.1, 0.15) is 101 Å². The molecule has 41 heavy (non-hydrogen) atoms. The standard InChI is InChI=1S/C35H44NO5/c1-5-7-9-25-39-30-17-15-29(16-18-30)35(4)24-23-34(3,36(35)38)28-13-11-27(12-14-28)33(37)41-32-21-19-31(20-22-32)40-26-10-8-6-2/h11-22H,5-10,23-26H2,1-4H3/t34-,35-/m1/s1. The second kappa shape index (κ2) is 14.0. The molecule has 4 rings (SSSR count). The second-order valence-electron chi connectivity index (χ2n) is 11.4. The van der Waals surface area contributed by atoms with Gasteiger partial charge in [-0.05, 0) is 99.2 Å². The number of benzene rings is 3. The van der Waals surface area contributed by atoms with Gasteiger partial charge in [0.25, 0.3) is 0 Å². The topological polar surface area (TPSA) is 67.9 Å². The monoisotopic (exact) mass is 558 g/mol. The molecular formula is C35H44NO5. The summed E-state index contributed by atoms with van der Waals surface area (Å²) in [6.45, 7) is 9.71. The number of nitrogens with zero attached hydrogens (tertiary/aromatic N) is 1. The average Bonchev–Trinajstić information content (AvgIpc) is 3.24. The maximum Gasteiger partial charge on any atom is 0.343 e. The van der Waals surface area contributed by atoms with Gasteiger partial charge >= 0.3 is 5.97 Å². The van der Waals surface area contributed by atoms with Gasteiger partial charge in [0.2, 0.25) is 0 Å². The highest BCUT2D eigenvalue weighted by molar-refractivity contribution is 5.91. The van der Waals surface area contributed by atoms with Crippen molar-refractivity contribution in [3.05, 3.63) is 89.5 Å². The first-order valence-electron chi connectivity index (χ1n) is 15.1. The van der Waals surface area contributed by atoms with E-state index in [0.717, 1.165) is 67.6 Å². The van der Waals surface area contributed by atoms with E-state index >= 15 is 0 Å². The van der Waals surface area contributed by atoms with Crippen molar-refractivity contribution in [3.8, 4) is 17.2 Å². The molecule has 1 aliphatic heterocycles. The molecule has 0 unspecified atom stereocenters. The van der Waals surface area contributed by atoms with Crippen LogP contribution < -0.4 is 14.2 Å². The number of hydroxylamine groups is 2. The van der Waals surface area contributed by atoms with Crippen LogP contribution in [-0.2, 0) is 16.3 Å². The molecule has 6 nitrogen and oxygen atoms in total. The summed E-state index contributed by atoms with van der Waals surface area (Å²) in [5, 5.41) is 15.1. The number of hydrogen-bond acceptors (Lipinski definition) is 5. The number of ether oxygens (including phenoxy) is 3. The summed E-state index contributed by atoms with van der Waals surface area (Å²) in [4.78, 5) is 12.8. The van der Waals surface area contributed by atoms with Crippen molar-refractivity contribution < 1.29 is 24.2 Å². The molecule has 3 aromatic rings. The van der Waals surface area contributed by atoms with Crippen molar-refractivity contribution in [3.63, 3.8) is 0 Å². The number of hydrogen-bond donors (Lipinski definition) is 0. The minimum atomic E-state index is -0.709. The first-order valence-corrected chi connectivity index (χ1v) is 15.1. The van der Waals surface area contributed by atoms with E-state index in [9.17, 15) is 10.0 Å². The van der Waals surface area contributed by atoms with E-state index in [1.165, 1.54) is 5.06 Å². The number of rotatable bonds is 14. The third-order valence-electron chi connectivity index (χ3n) is 8.28. The van der Waals surface area contributed by atoms with Crippen LogP contribution >= 0.6 is 0 Å². The van der Waals surface area contributed by atoms with Gasteiger partial charge in [0.15, 0.2) is 0 Å². The molecule has 3 aromatic carbocycles. The summed E-state index contributed by atoms with van der Waals surface area (Å²) in [6.07, 6.45) is 8.11. The van der Waals surface area contributed by atoms with Crippen molar-refractivity contribution in [2.24, 2.45) is 0 Å². The van der Waals surface area contributed by atoms with E-state index in [2.05, 4.69) is 13.8 Å². The molecule has 0 saturated carbocycles. The Kier molecular flexibility index (Phi) is 10.5. The molecule has 0 bridgehead atoms. The average molecular weight is 559 g/mol. The van der Waals surface area contributed by atoms with Crippen LogP contribution in [0.2, 0.25) is 0 Å². The van der Waals surface area contributed by atoms with Crippen LogP contribution in [0.4, 0.5) is 0 Å². The maximum absolute atomic E-state index is 13.8. The molecule has 6 heteroatoms. The fourth-order valence-electron chi connectivity index (χ4n) is 5.49. The Bertz CT molecular complexity index is 1240. The summed E-state index contributed by atoms with van der Waals surface area (Å²) < 4.78 is 17.2. The number of esters is 1. The molecule has 1 radical (unpaired) electrons. The molecule has 0 amide bonds. The van der Waals surface area contributed by atoms with Gasteiger partial charge in [0.05, 0.1) is 29.9 Å². The highest BCUT2D eigenvalue weighted by Crippen LogP contribution is 2.51. The van der Waals surface area contributed by atoms with Gasteiger partial charge in [-0.25, -0.2) is 4.79 Å². The molecule has 0 N–H and O–H groups in total. The lowest BCUT2D eigenvalue weighted by molar-refractivity contribution is -0.260. The predicted octanol–water partition coefficient (Wildman–Crippen LogP) is 8.62. The zero-order valence-corrected chi connectivity index (χ0v) is 25.0. The third kappa shape index (κ3) is 7.30. The molecule has 1 aliphatic rings. The molecule has 0 aromatic heterocycles. The molecule has 2 atom stereocenters. The van der Waals surface area contributed by atoms with Gasteiger partial charge in [-0.3, -0.25) is 0 Å². The van der Waals surface area contributed by atoms with Crippen molar-refractivity contribution in [2.45, 2.75) is 90.1 Å². The van der Waals surface area contributed by atoms with Gasteiger partial charge < -0.3 is 14.2 Å². The largest absolute Gasteiger partial charge is 0.494 e. The number of unbranched alkanes of at least 4 members (excludes halogenated alkanes) is 4. The molecule has 0 spiro atoms. The van der Waals surface area contributed by atoms with Crippen molar-refractivity contribution in [1.29, 1.82) is 0 Å². The summed E-state index contributed by atoms with van der Waals surface area (Å²) in [7, 11) is 0. The Hall–Kier alpha value is -3.35. The molecule has 1 heterocycles. The molecule has 219 valence electrons. The fraction of sp³-hybridized carbons (Fsp3) is 0.457. The maximum atomic E-state index is 13.8. The number of carbonyl (C=O) groups is 1. The summed E-state index contributed by atoms with van der Waals surface area (Å²) >= 11 is 0. The summed E-state index contributed by atoms with van der Waals surface area (Å²) in [5.41, 5.74) is 0.936. The molecular weight excluding hydrogens is 514 g/mol. The molecule has 0 aliphatic carbocycles. The van der Waals surface area contributed by atoms with Gasteiger partial charge in [-0.2, -0.15) is 0 Å². The smallest absolute Gasteiger partial charge is 0.343 e. The quantitative estimate of drug-likeness (QED) is 0.113. The van der Waals surface area contributed by atoms with Crippen LogP contribution in [0.15, 0.2) is 72.8 Å². The van der Waals surface area contributed by atoms with Gasteiger partial charge in [-0.15, -0.1) is 10.3 Å². The van der Waals surface area contributed by atoms with Crippen LogP contribution in [-0.4, -0.2) is 24.2 Å².